The van der Waals surface area contributed by atoms with Gasteiger partial charge in [-0.25, -0.2) is 14.4 Å². The second kappa shape index (κ2) is 11.5. The summed E-state index contributed by atoms with van der Waals surface area (Å²) in [4.78, 5) is 27.1. The van der Waals surface area contributed by atoms with Gasteiger partial charge >= 0.3 is 0 Å². The quantitative estimate of drug-likeness (QED) is 0.332. The van der Waals surface area contributed by atoms with Crippen LogP contribution in [-0.2, 0) is 13.1 Å². The highest BCUT2D eigenvalue weighted by molar-refractivity contribution is 5.89. The number of nitrogens with zero attached hydrogens (tertiary/aromatic N) is 5. The lowest BCUT2D eigenvalue weighted by molar-refractivity contribution is 0.157. The predicted octanol–water partition coefficient (Wildman–Crippen LogP) is 4.15. The molecule has 6 rings (SSSR count). The van der Waals surface area contributed by atoms with Crippen molar-refractivity contribution in [2.45, 2.75) is 44.9 Å². The lowest BCUT2D eigenvalue weighted by Gasteiger charge is -2.40. The Labute approximate surface area is 243 Å². The Morgan fingerprint density at radius 3 is 2.79 bits per heavy atom. The Balaban J connectivity index is 1.40. The Morgan fingerprint density at radius 2 is 2.02 bits per heavy atom. The summed E-state index contributed by atoms with van der Waals surface area (Å²) in [6.45, 7) is 4.99. The molecule has 0 spiro atoms. The summed E-state index contributed by atoms with van der Waals surface area (Å²) in [6.07, 6.45) is 7.39. The molecule has 0 radical (unpaired) electrons. The van der Waals surface area contributed by atoms with Crippen LogP contribution in [0.15, 0.2) is 53.7 Å². The van der Waals surface area contributed by atoms with E-state index in [1.165, 1.54) is 13.2 Å². The van der Waals surface area contributed by atoms with Gasteiger partial charge < -0.3 is 29.4 Å². The number of anilines is 2. The van der Waals surface area contributed by atoms with Gasteiger partial charge in [0.2, 0.25) is 5.88 Å². The largest absolute Gasteiger partial charge is 0.490 e. The van der Waals surface area contributed by atoms with E-state index in [1.807, 2.05) is 42.0 Å². The number of nitrogen functional groups attached to an aromatic ring is 1. The highest BCUT2D eigenvalue weighted by Crippen LogP contribution is 2.41. The molecule has 0 bridgehead atoms. The highest BCUT2D eigenvalue weighted by Gasteiger charge is 2.30. The van der Waals surface area contributed by atoms with Crippen LogP contribution in [0.2, 0.25) is 0 Å². The molecule has 2 aliphatic rings. The molecule has 1 aromatic carbocycles. The number of nitrogens with two attached hydrogens (primary N) is 1. The summed E-state index contributed by atoms with van der Waals surface area (Å²) >= 11 is 0. The molecule has 4 aromatic rings. The van der Waals surface area contributed by atoms with E-state index in [9.17, 15) is 4.79 Å². The first kappa shape index (κ1) is 27.8. The molecule has 0 aliphatic carbocycles. The molecule has 0 saturated carbocycles. The molecule has 1 saturated heterocycles. The van der Waals surface area contributed by atoms with Crippen LogP contribution >= 0.6 is 0 Å². The van der Waals surface area contributed by atoms with Gasteiger partial charge in [0.05, 0.1) is 43.0 Å². The summed E-state index contributed by atoms with van der Waals surface area (Å²) in [7, 11) is 3.00. The number of ether oxygens (including phenoxy) is 3. The smallest absolute Gasteiger partial charge is 0.213 e. The summed E-state index contributed by atoms with van der Waals surface area (Å²) in [5.41, 5.74) is 8.81. The number of methoxy groups -OCH3 is 2. The molecule has 220 valence electrons. The van der Waals surface area contributed by atoms with E-state index >= 15 is 4.39 Å². The summed E-state index contributed by atoms with van der Waals surface area (Å²) in [6, 6.07) is 9.05. The van der Waals surface area contributed by atoms with Gasteiger partial charge in [-0.15, -0.1) is 0 Å². The first-order chi connectivity index (χ1) is 20.4. The number of pyridine rings is 3. The van der Waals surface area contributed by atoms with Crippen molar-refractivity contribution in [3.05, 3.63) is 76.1 Å². The number of hydrogen-bond acceptors (Lipinski definition) is 9. The minimum absolute atomic E-state index is 0.0167. The molecular weight excluding hydrogens is 539 g/mol. The SMILES string of the molecule is COc1cc(CN(Cc2cn3c4c(c(OC)c(F)cc4c2=O)OC[C@@H]3C)[C@H]2CCCN(c3ccc(N)nc3)C2)ccn1. The van der Waals surface area contributed by atoms with Gasteiger partial charge in [-0.05, 0) is 49.6 Å². The van der Waals surface area contributed by atoms with Crippen LogP contribution in [0, 0.1) is 5.82 Å². The van der Waals surface area contributed by atoms with Crippen LogP contribution in [0.25, 0.3) is 10.9 Å². The monoisotopic (exact) mass is 574 g/mol. The van der Waals surface area contributed by atoms with Gasteiger partial charge in [0.15, 0.2) is 22.7 Å². The lowest BCUT2D eigenvalue weighted by Crippen LogP contribution is -2.48. The predicted molar refractivity (Wildman–Crippen MR) is 159 cm³/mol. The van der Waals surface area contributed by atoms with E-state index in [1.54, 1.807) is 19.5 Å². The molecular formula is C31H35FN6O4. The highest BCUT2D eigenvalue weighted by atomic mass is 19.1. The van der Waals surface area contributed by atoms with E-state index in [2.05, 4.69) is 19.8 Å². The van der Waals surface area contributed by atoms with E-state index in [-0.39, 0.29) is 34.4 Å². The molecule has 2 atom stereocenters. The minimum Gasteiger partial charge on any atom is -0.490 e. The zero-order chi connectivity index (χ0) is 29.4. The van der Waals surface area contributed by atoms with Crippen molar-refractivity contribution in [1.82, 2.24) is 19.4 Å². The van der Waals surface area contributed by atoms with Crippen molar-refractivity contribution in [1.29, 1.82) is 0 Å². The lowest BCUT2D eigenvalue weighted by atomic mass is 10.0. The van der Waals surface area contributed by atoms with Crippen molar-refractivity contribution in [3.63, 3.8) is 0 Å². The van der Waals surface area contributed by atoms with E-state index in [0.29, 0.717) is 42.5 Å². The molecule has 11 heteroatoms. The number of piperidine rings is 1. The number of benzene rings is 1. The van der Waals surface area contributed by atoms with Crippen molar-refractivity contribution >= 4 is 22.4 Å². The topological polar surface area (TPSA) is 108 Å². The third-order valence-corrected chi connectivity index (χ3v) is 8.22. The fourth-order valence-electron chi connectivity index (χ4n) is 6.06. The van der Waals surface area contributed by atoms with Gasteiger partial charge in [0, 0.05) is 56.2 Å². The maximum atomic E-state index is 15.1. The Hall–Kier alpha value is -4.38. The van der Waals surface area contributed by atoms with Gasteiger partial charge in [-0.1, -0.05) is 0 Å². The van der Waals surface area contributed by atoms with Crippen LogP contribution in [-0.4, -0.2) is 59.4 Å². The fourth-order valence-corrected chi connectivity index (χ4v) is 6.06. The van der Waals surface area contributed by atoms with Crippen LogP contribution in [0.3, 0.4) is 0 Å². The molecule has 3 aromatic heterocycles. The van der Waals surface area contributed by atoms with Gasteiger partial charge in [0.25, 0.3) is 0 Å². The second-order valence-corrected chi connectivity index (χ2v) is 11.0. The Bertz CT molecular complexity index is 1660. The zero-order valence-corrected chi connectivity index (χ0v) is 24.0. The number of hydrogen-bond donors (Lipinski definition) is 1. The van der Waals surface area contributed by atoms with Crippen LogP contribution in [0.4, 0.5) is 15.9 Å². The van der Waals surface area contributed by atoms with Crippen molar-refractivity contribution in [2.75, 3.05) is 44.5 Å². The molecule has 5 heterocycles. The second-order valence-electron chi connectivity index (χ2n) is 11.0. The minimum atomic E-state index is -0.615. The first-order valence-corrected chi connectivity index (χ1v) is 14.1. The standard InChI is InChI=1S/C31H35FN6O4/c1-19-18-42-31-28-24(12-25(32)30(31)41-3)29(39)21(16-38(19)28)15-37(14-20-8-9-34-27(11-20)40-2)23-5-4-10-36(17-23)22-6-7-26(33)35-13-22/h6-9,11-13,16,19,23H,4-5,10,14-15,17-18H2,1-3H3,(H2,33,35)/t19-,23-/m0/s1. The van der Waals surface area contributed by atoms with Crippen molar-refractivity contribution < 1.29 is 18.6 Å². The van der Waals surface area contributed by atoms with Gasteiger partial charge in [-0.2, -0.15) is 0 Å². The summed E-state index contributed by atoms with van der Waals surface area (Å²) in [5, 5.41) is 0.288. The summed E-state index contributed by atoms with van der Waals surface area (Å²) in [5.74, 6) is 0.693. The number of halogens is 1. The molecule has 0 amide bonds. The maximum absolute atomic E-state index is 15.1. The molecule has 2 N–H and O–H groups in total. The molecule has 1 fully saturated rings. The fraction of sp³-hybridized carbons (Fsp3) is 0.387. The van der Waals surface area contributed by atoms with Crippen LogP contribution in [0.1, 0.15) is 36.9 Å². The zero-order valence-electron chi connectivity index (χ0n) is 24.0. The van der Waals surface area contributed by atoms with Crippen molar-refractivity contribution in [3.8, 4) is 17.4 Å². The van der Waals surface area contributed by atoms with Crippen LogP contribution < -0.4 is 30.3 Å². The average Bonchev–Trinajstić information content (AvgIpc) is 3.01. The third-order valence-electron chi connectivity index (χ3n) is 8.22. The van der Waals surface area contributed by atoms with Crippen LogP contribution in [0.5, 0.6) is 17.4 Å². The molecule has 42 heavy (non-hydrogen) atoms. The first-order valence-electron chi connectivity index (χ1n) is 14.1. The third kappa shape index (κ3) is 5.20. The Kier molecular flexibility index (Phi) is 7.59. The molecule has 0 unspecified atom stereocenters. The maximum Gasteiger partial charge on any atom is 0.213 e. The van der Waals surface area contributed by atoms with Crippen molar-refractivity contribution in [2.24, 2.45) is 0 Å². The van der Waals surface area contributed by atoms with Gasteiger partial charge in [-0.3, -0.25) is 9.69 Å². The average molecular weight is 575 g/mol. The summed E-state index contributed by atoms with van der Waals surface area (Å²) < 4.78 is 33.6. The van der Waals surface area contributed by atoms with E-state index in [4.69, 9.17) is 19.9 Å². The number of rotatable bonds is 8. The molecule has 2 aliphatic heterocycles. The Morgan fingerprint density at radius 1 is 1.17 bits per heavy atom. The molecule has 10 nitrogen and oxygen atoms in total. The van der Waals surface area contributed by atoms with E-state index in [0.717, 1.165) is 37.2 Å². The normalized spacial score (nSPS) is 18.3. The van der Waals surface area contributed by atoms with E-state index < -0.39 is 5.82 Å². The number of aromatic nitrogens is 3. The van der Waals surface area contributed by atoms with Gasteiger partial charge in [0.1, 0.15) is 12.4 Å².